The monoisotopic (exact) mass is 242 g/mol. The molecular weight excluding hydrogens is 227 g/mol. The summed E-state index contributed by atoms with van der Waals surface area (Å²) in [5.74, 6) is -0.630. The smallest absolute Gasteiger partial charge is 0.170 e. The van der Waals surface area contributed by atoms with Crippen molar-refractivity contribution in [1.29, 1.82) is 0 Å². The van der Waals surface area contributed by atoms with E-state index in [0.717, 1.165) is 16.7 Å². The molecule has 0 N–H and O–H groups in total. The van der Waals surface area contributed by atoms with Gasteiger partial charge in [0, 0.05) is 6.42 Å². The Balaban J connectivity index is 2.27. The largest absolute Gasteiger partial charge is 0.294 e. The van der Waals surface area contributed by atoms with Crippen LogP contribution in [0.1, 0.15) is 27.0 Å². The molecular formula is C16H15FO. The highest BCUT2D eigenvalue weighted by molar-refractivity contribution is 5.97. The van der Waals surface area contributed by atoms with Crippen LogP contribution in [0.25, 0.3) is 0 Å². The van der Waals surface area contributed by atoms with Crippen LogP contribution in [0.2, 0.25) is 0 Å². The first-order valence-electron chi connectivity index (χ1n) is 5.92. The molecule has 92 valence electrons. The average Bonchev–Trinajstić information content (AvgIpc) is 2.34. The van der Waals surface area contributed by atoms with Crippen molar-refractivity contribution in [1.82, 2.24) is 0 Å². The average molecular weight is 242 g/mol. The number of carbonyl (C=O) groups excluding carboxylic acids is 1. The minimum absolute atomic E-state index is 0.165. The van der Waals surface area contributed by atoms with E-state index in [1.165, 1.54) is 12.1 Å². The molecule has 2 rings (SSSR count). The second-order valence-electron chi connectivity index (χ2n) is 4.51. The van der Waals surface area contributed by atoms with Gasteiger partial charge in [-0.2, -0.15) is 0 Å². The fourth-order valence-electron chi connectivity index (χ4n) is 1.95. The fourth-order valence-corrected chi connectivity index (χ4v) is 1.95. The van der Waals surface area contributed by atoms with Crippen LogP contribution in [0.4, 0.5) is 4.39 Å². The van der Waals surface area contributed by atoms with Gasteiger partial charge in [0.15, 0.2) is 5.78 Å². The molecule has 0 saturated carbocycles. The molecule has 0 aliphatic heterocycles. The van der Waals surface area contributed by atoms with Crippen LogP contribution in [0.15, 0.2) is 42.5 Å². The molecule has 0 spiro atoms. The molecule has 18 heavy (non-hydrogen) atoms. The molecule has 0 atom stereocenters. The third-order valence-electron chi connectivity index (χ3n) is 3.03. The Morgan fingerprint density at radius 3 is 2.56 bits per heavy atom. The minimum Gasteiger partial charge on any atom is -0.294 e. The summed E-state index contributed by atoms with van der Waals surface area (Å²) in [5.41, 5.74) is 3.30. The number of ketones is 1. The number of aryl methyl sites for hydroxylation is 2. The minimum atomic E-state index is -0.451. The normalized spacial score (nSPS) is 10.4. The summed E-state index contributed by atoms with van der Waals surface area (Å²) < 4.78 is 13.5. The zero-order valence-corrected chi connectivity index (χ0v) is 10.5. The van der Waals surface area contributed by atoms with Crippen LogP contribution in [0.5, 0.6) is 0 Å². The van der Waals surface area contributed by atoms with E-state index < -0.39 is 5.82 Å². The summed E-state index contributed by atoms with van der Waals surface area (Å²) in [6, 6.07) is 12.1. The first-order valence-corrected chi connectivity index (χ1v) is 5.92. The van der Waals surface area contributed by atoms with Crippen molar-refractivity contribution in [3.05, 3.63) is 70.5 Å². The molecule has 0 unspecified atom stereocenters. The molecule has 2 heteroatoms. The van der Waals surface area contributed by atoms with E-state index in [4.69, 9.17) is 0 Å². The van der Waals surface area contributed by atoms with Crippen molar-refractivity contribution in [2.45, 2.75) is 20.3 Å². The quantitative estimate of drug-likeness (QED) is 0.747. The van der Waals surface area contributed by atoms with Gasteiger partial charge in [-0.25, -0.2) is 4.39 Å². The lowest BCUT2D eigenvalue weighted by Crippen LogP contribution is -2.07. The number of hydrogen-bond acceptors (Lipinski definition) is 1. The van der Waals surface area contributed by atoms with Crippen molar-refractivity contribution in [3.63, 3.8) is 0 Å². The Hall–Kier alpha value is -1.96. The first kappa shape index (κ1) is 12.5. The summed E-state index contributed by atoms with van der Waals surface area (Å²) in [6.45, 7) is 3.94. The van der Waals surface area contributed by atoms with Crippen LogP contribution in [-0.2, 0) is 6.42 Å². The topological polar surface area (TPSA) is 17.1 Å². The van der Waals surface area contributed by atoms with Crippen LogP contribution >= 0.6 is 0 Å². The molecule has 0 aliphatic carbocycles. The van der Waals surface area contributed by atoms with Gasteiger partial charge in [0.2, 0.25) is 0 Å². The molecule has 0 bridgehead atoms. The van der Waals surface area contributed by atoms with E-state index in [9.17, 15) is 9.18 Å². The Labute approximate surface area is 106 Å². The van der Waals surface area contributed by atoms with Crippen LogP contribution in [0.3, 0.4) is 0 Å². The van der Waals surface area contributed by atoms with Gasteiger partial charge < -0.3 is 0 Å². The second kappa shape index (κ2) is 5.13. The molecule has 0 aromatic heterocycles. The number of halogens is 1. The molecule has 2 aromatic rings. The number of Topliss-reactive ketones (excluding diaryl/α,β-unsaturated/α-hetero) is 1. The van der Waals surface area contributed by atoms with Gasteiger partial charge >= 0.3 is 0 Å². The lowest BCUT2D eigenvalue weighted by atomic mass is 9.97. The summed E-state index contributed by atoms with van der Waals surface area (Å²) in [4.78, 5) is 12.1. The molecule has 0 aliphatic rings. The van der Waals surface area contributed by atoms with Crippen molar-refractivity contribution in [2.24, 2.45) is 0 Å². The highest BCUT2D eigenvalue weighted by Crippen LogP contribution is 2.15. The van der Waals surface area contributed by atoms with E-state index in [-0.39, 0.29) is 17.8 Å². The highest BCUT2D eigenvalue weighted by Gasteiger charge is 2.12. The maximum Gasteiger partial charge on any atom is 0.170 e. The maximum atomic E-state index is 13.5. The highest BCUT2D eigenvalue weighted by atomic mass is 19.1. The molecule has 0 saturated heterocycles. The summed E-state index contributed by atoms with van der Waals surface area (Å²) >= 11 is 0. The van der Waals surface area contributed by atoms with Gasteiger partial charge in [0.05, 0.1) is 5.56 Å². The molecule has 0 heterocycles. The summed E-state index contributed by atoms with van der Waals surface area (Å²) in [5, 5.41) is 0. The maximum absolute atomic E-state index is 13.5. The first-order chi connectivity index (χ1) is 8.58. The van der Waals surface area contributed by atoms with Gasteiger partial charge in [-0.1, -0.05) is 35.9 Å². The van der Waals surface area contributed by atoms with Gasteiger partial charge in [0.25, 0.3) is 0 Å². The number of carbonyl (C=O) groups is 1. The fraction of sp³-hybridized carbons (Fsp3) is 0.188. The van der Waals surface area contributed by atoms with E-state index in [1.54, 1.807) is 12.1 Å². The van der Waals surface area contributed by atoms with E-state index in [2.05, 4.69) is 0 Å². The Morgan fingerprint density at radius 2 is 1.83 bits per heavy atom. The van der Waals surface area contributed by atoms with Gasteiger partial charge in [-0.05, 0) is 37.1 Å². The predicted molar refractivity (Wildman–Crippen MR) is 70.4 cm³/mol. The third-order valence-corrected chi connectivity index (χ3v) is 3.03. The number of benzene rings is 2. The van der Waals surface area contributed by atoms with E-state index in [0.29, 0.717) is 0 Å². The summed E-state index contributed by atoms with van der Waals surface area (Å²) in [7, 11) is 0. The molecule has 0 amide bonds. The van der Waals surface area contributed by atoms with Crippen LogP contribution in [0, 0.1) is 19.7 Å². The van der Waals surface area contributed by atoms with Gasteiger partial charge in [-0.3, -0.25) is 4.79 Å². The van der Waals surface area contributed by atoms with Crippen molar-refractivity contribution >= 4 is 5.78 Å². The zero-order chi connectivity index (χ0) is 13.1. The molecule has 0 fully saturated rings. The molecule has 0 radical (unpaired) electrons. The lowest BCUT2D eigenvalue weighted by Gasteiger charge is -2.07. The number of hydrogen-bond donors (Lipinski definition) is 0. The van der Waals surface area contributed by atoms with Gasteiger partial charge in [0.1, 0.15) is 5.82 Å². The van der Waals surface area contributed by atoms with E-state index >= 15 is 0 Å². The Kier molecular flexibility index (Phi) is 3.56. The Morgan fingerprint density at radius 1 is 1.11 bits per heavy atom. The Bertz CT molecular complexity index is 587. The van der Waals surface area contributed by atoms with E-state index in [1.807, 2.05) is 32.0 Å². The van der Waals surface area contributed by atoms with Gasteiger partial charge in [-0.15, -0.1) is 0 Å². The van der Waals surface area contributed by atoms with Crippen LogP contribution in [-0.4, -0.2) is 5.78 Å². The van der Waals surface area contributed by atoms with Crippen molar-refractivity contribution in [2.75, 3.05) is 0 Å². The third kappa shape index (κ3) is 2.65. The molecule has 2 aromatic carbocycles. The number of rotatable bonds is 3. The van der Waals surface area contributed by atoms with Crippen molar-refractivity contribution < 1.29 is 9.18 Å². The standard InChI is InChI=1S/C16H15FO/c1-11-7-8-12(2)13(9-11)10-16(18)14-5-3-4-6-15(14)17/h3-9H,10H2,1-2H3. The summed E-state index contributed by atoms with van der Waals surface area (Å²) in [6.07, 6.45) is 0.244. The van der Waals surface area contributed by atoms with Crippen LogP contribution < -0.4 is 0 Å². The zero-order valence-electron chi connectivity index (χ0n) is 10.5. The second-order valence-corrected chi connectivity index (χ2v) is 4.51. The molecule has 1 nitrogen and oxygen atoms in total. The SMILES string of the molecule is Cc1ccc(C)c(CC(=O)c2ccccc2F)c1. The van der Waals surface area contributed by atoms with Crippen molar-refractivity contribution in [3.8, 4) is 0 Å². The lowest BCUT2D eigenvalue weighted by molar-refractivity contribution is 0.0989. The predicted octanol–water partition coefficient (Wildman–Crippen LogP) is 3.87.